The van der Waals surface area contributed by atoms with E-state index < -0.39 is 0 Å². The fourth-order valence-corrected chi connectivity index (χ4v) is 10.6. The first-order valence-corrected chi connectivity index (χ1v) is 21.2. The number of fused-ring (bicyclic) bond motifs is 9. The first-order valence-electron chi connectivity index (χ1n) is 20.4. The Bertz CT molecular complexity index is 3510. The Kier molecular flexibility index (Phi) is 7.72. The molecule has 0 radical (unpaired) electrons. The maximum absolute atomic E-state index is 5.35. The molecule has 1 aliphatic rings. The van der Waals surface area contributed by atoms with Gasteiger partial charge in [0, 0.05) is 48.5 Å². The summed E-state index contributed by atoms with van der Waals surface area (Å²) in [5.41, 5.74) is 13.4. The molecule has 12 rings (SSSR count). The summed E-state index contributed by atoms with van der Waals surface area (Å²) in [5.74, 6) is 1.96. The van der Waals surface area contributed by atoms with Gasteiger partial charge in [0.25, 0.3) is 0 Å². The highest BCUT2D eigenvalue weighted by molar-refractivity contribution is 7.26. The first-order chi connectivity index (χ1) is 29.5. The normalized spacial score (nSPS) is 13.0. The van der Waals surface area contributed by atoms with Crippen LogP contribution in [0, 0.1) is 0 Å². The SMILES string of the molecule is CC1(C)c2ccccc2-c2ccc(-c3nc(-c4ccccc4)nc(-c4ccc(-c5ccc(-c6nc7ccccc7c7c6sc6ccccc67)c6ccccc56)cc4)n3)cc21. The second-order valence-electron chi connectivity index (χ2n) is 16.2. The van der Waals surface area contributed by atoms with E-state index in [0.717, 1.165) is 44.6 Å². The van der Waals surface area contributed by atoms with Crippen LogP contribution < -0.4 is 0 Å². The van der Waals surface area contributed by atoms with Gasteiger partial charge in [-0.1, -0.05) is 178 Å². The molecule has 0 atom stereocenters. The van der Waals surface area contributed by atoms with Gasteiger partial charge in [-0.3, -0.25) is 0 Å². The van der Waals surface area contributed by atoms with Crippen molar-refractivity contribution >= 4 is 53.2 Å². The molecule has 5 heteroatoms. The molecule has 0 saturated heterocycles. The van der Waals surface area contributed by atoms with E-state index in [4.69, 9.17) is 19.9 Å². The first kappa shape index (κ1) is 34.7. The van der Waals surface area contributed by atoms with Gasteiger partial charge in [0.05, 0.1) is 15.9 Å². The zero-order chi connectivity index (χ0) is 40.0. The van der Waals surface area contributed by atoms with E-state index in [1.54, 1.807) is 0 Å². The van der Waals surface area contributed by atoms with Gasteiger partial charge in [0.2, 0.25) is 0 Å². The number of hydrogen-bond acceptors (Lipinski definition) is 5. The molecular formula is C55H36N4S. The zero-order valence-electron chi connectivity index (χ0n) is 33.0. The molecule has 282 valence electrons. The standard InChI is InChI=1S/C55H36N4S/c1-55(2)45-21-11-8-18-40(45)41-29-28-36(32-46(41)55)54-58-52(34-14-4-3-5-15-34)57-53(59-54)35-26-24-33(25-27-35)37-30-31-42(39-17-7-6-16-38(37)39)50-51-49(43-19-9-12-22-47(43)56-50)44-20-10-13-23-48(44)60-51/h3-32H,1-2H3. The molecule has 0 saturated carbocycles. The van der Waals surface area contributed by atoms with Crippen molar-refractivity contribution < 1.29 is 0 Å². The average Bonchev–Trinajstić information content (AvgIpc) is 3.81. The molecule has 0 fully saturated rings. The van der Waals surface area contributed by atoms with Crippen molar-refractivity contribution in [2.24, 2.45) is 0 Å². The second kappa shape index (κ2) is 13.3. The Morgan fingerprint density at radius 1 is 0.383 bits per heavy atom. The van der Waals surface area contributed by atoms with E-state index in [9.17, 15) is 0 Å². The quantitative estimate of drug-likeness (QED) is 0.174. The molecule has 3 heterocycles. The summed E-state index contributed by atoms with van der Waals surface area (Å²) >= 11 is 1.83. The van der Waals surface area contributed by atoms with Crippen molar-refractivity contribution in [2.45, 2.75) is 19.3 Å². The van der Waals surface area contributed by atoms with Gasteiger partial charge in [0.1, 0.15) is 0 Å². The summed E-state index contributed by atoms with van der Waals surface area (Å²) in [4.78, 5) is 20.6. The number of nitrogens with zero attached hydrogens (tertiary/aromatic N) is 4. The van der Waals surface area contributed by atoms with Crippen LogP contribution in [-0.4, -0.2) is 19.9 Å². The van der Waals surface area contributed by atoms with Gasteiger partial charge in [0.15, 0.2) is 17.5 Å². The highest BCUT2D eigenvalue weighted by Crippen LogP contribution is 2.50. The second-order valence-corrected chi connectivity index (χ2v) is 17.2. The van der Waals surface area contributed by atoms with Crippen LogP contribution in [-0.2, 0) is 5.41 Å². The van der Waals surface area contributed by atoms with Gasteiger partial charge in [-0.15, -0.1) is 11.3 Å². The topological polar surface area (TPSA) is 51.6 Å². The number of thiophene rings is 1. The number of rotatable bonds is 5. The highest BCUT2D eigenvalue weighted by Gasteiger charge is 2.35. The van der Waals surface area contributed by atoms with E-state index in [-0.39, 0.29) is 5.41 Å². The van der Waals surface area contributed by atoms with Crippen molar-refractivity contribution in [3.8, 4) is 67.7 Å². The summed E-state index contributed by atoms with van der Waals surface area (Å²) in [6.45, 7) is 4.61. The molecule has 0 spiro atoms. The Morgan fingerprint density at radius 2 is 0.917 bits per heavy atom. The fourth-order valence-electron chi connectivity index (χ4n) is 9.37. The summed E-state index contributed by atoms with van der Waals surface area (Å²) in [6.07, 6.45) is 0. The third-order valence-electron chi connectivity index (χ3n) is 12.4. The summed E-state index contributed by atoms with van der Waals surface area (Å²) < 4.78 is 2.49. The van der Waals surface area contributed by atoms with Crippen molar-refractivity contribution in [1.29, 1.82) is 0 Å². The van der Waals surface area contributed by atoms with Crippen LogP contribution in [0.25, 0.3) is 110 Å². The van der Waals surface area contributed by atoms with Crippen LogP contribution >= 0.6 is 11.3 Å². The largest absolute Gasteiger partial charge is 0.246 e. The molecule has 0 N–H and O–H groups in total. The van der Waals surface area contributed by atoms with E-state index in [1.165, 1.54) is 58.6 Å². The minimum absolute atomic E-state index is 0.130. The molecule has 0 amide bonds. The lowest BCUT2D eigenvalue weighted by Gasteiger charge is -2.21. The third kappa shape index (κ3) is 5.36. The van der Waals surface area contributed by atoms with Gasteiger partial charge >= 0.3 is 0 Å². The molecule has 4 nitrogen and oxygen atoms in total. The van der Waals surface area contributed by atoms with Crippen LogP contribution in [0.5, 0.6) is 0 Å². The maximum atomic E-state index is 5.35. The zero-order valence-corrected chi connectivity index (χ0v) is 33.8. The van der Waals surface area contributed by atoms with Crippen molar-refractivity contribution in [3.05, 3.63) is 193 Å². The Hall–Kier alpha value is -7.34. The monoisotopic (exact) mass is 784 g/mol. The fraction of sp³-hybridized carbons (Fsp3) is 0.0545. The Morgan fingerprint density at radius 3 is 1.70 bits per heavy atom. The molecule has 0 unspecified atom stereocenters. The van der Waals surface area contributed by atoms with Crippen molar-refractivity contribution in [1.82, 2.24) is 19.9 Å². The van der Waals surface area contributed by atoms with E-state index >= 15 is 0 Å². The van der Waals surface area contributed by atoms with Crippen LogP contribution in [0.2, 0.25) is 0 Å². The van der Waals surface area contributed by atoms with Crippen LogP contribution in [0.3, 0.4) is 0 Å². The average molecular weight is 785 g/mol. The van der Waals surface area contributed by atoms with E-state index in [1.807, 2.05) is 29.5 Å². The maximum Gasteiger partial charge on any atom is 0.164 e. The van der Waals surface area contributed by atoms with Gasteiger partial charge in [-0.05, 0) is 62.4 Å². The lowest BCUT2D eigenvalue weighted by atomic mass is 9.82. The molecule has 8 aromatic carbocycles. The lowest BCUT2D eigenvalue weighted by Crippen LogP contribution is -2.15. The minimum atomic E-state index is -0.130. The molecule has 3 aromatic heterocycles. The Balaban J connectivity index is 0.962. The van der Waals surface area contributed by atoms with Gasteiger partial charge < -0.3 is 0 Å². The Labute approximate surface area is 351 Å². The summed E-state index contributed by atoms with van der Waals surface area (Å²) in [6, 6.07) is 64.7. The van der Waals surface area contributed by atoms with Crippen LogP contribution in [0.4, 0.5) is 0 Å². The third-order valence-corrected chi connectivity index (χ3v) is 13.5. The van der Waals surface area contributed by atoms with Crippen LogP contribution in [0.1, 0.15) is 25.0 Å². The summed E-state index contributed by atoms with van der Waals surface area (Å²) in [7, 11) is 0. The van der Waals surface area contributed by atoms with Crippen LogP contribution in [0.15, 0.2) is 182 Å². The highest BCUT2D eigenvalue weighted by atomic mass is 32.1. The van der Waals surface area contributed by atoms with E-state index in [2.05, 4.69) is 178 Å². The van der Waals surface area contributed by atoms with Crippen molar-refractivity contribution in [2.75, 3.05) is 0 Å². The summed E-state index contributed by atoms with van der Waals surface area (Å²) in [5, 5.41) is 6.11. The molecule has 0 aliphatic heterocycles. The van der Waals surface area contributed by atoms with Gasteiger partial charge in [-0.2, -0.15) is 0 Å². The number of hydrogen-bond donors (Lipinski definition) is 0. The number of para-hydroxylation sites is 1. The predicted octanol–water partition coefficient (Wildman–Crippen LogP) is 14.6. The number of benzene rings is 8. The number of pyridine rings is 1. The van der Waals surface area contributed by atoms with Gasteiger partial charge in [-0.25, -0.2) is 19.9 Å². The molecule has 0 bridgehead atoms. The minimum Gasteiger partial charge on any atom is -0.246 e. The van der Waals surface area contributed by atoms with Crippen molar-refractivity contribution in [3.63, 3.8) is 0 Å². The molecule has 60 heavy (non-hydrogen) atoms. The smallest absolute Gasteiger partial charge is 0.164 e. The van der Waals surface area contributed by atoms with E-state index in [0.29, 0.717) is 17.5 Å². The lowest BCUT2D eigenvalue weighted by molar-refractivity contribution is 0.660. The predicted molar refractivity (Wildman–Crippen MR) is 250 cm³/mol. The molecule has 11 aromatic rings. The molecular weight excluding hydrogens is 749 g/mol. The number of aromatic nitrogens is 4. The molecule has 1 aliphatic carbocycles.